The van der Waals surface area contributed by atoms with Gasteiger partial charge in [0.25, 0.3) is 0 Å². The topological polar surface area (TPSA) is 62.9 Å². The number of aliphatic imine (C=N–C) groups is 1. The van der Waals surface area contributed by atoms with E-state index >= 15 is 0 Å². The van der Waals surface area contributed by atoms with E-state index in [-0.39, 0.29) is 0 Å². The Kier molecular flexibility index (Phi) is 5.56. The minimum absolute atomic E-state index is 0.431. The summed E-state index contributed by atoms with van der Waals surface area (Å²) in [6, 6.07) is 14.5. The summed E-state index contributed by atoms with van der Waals surface area (Å²) in [5, 5.41) is 3.17. The number of nitrogens with two attached hydrogens (primary N) is 1. The fourth-order valence-corrected chi connectivity index (χ4v) is 2.93. The van der Waals surface area contributed by atoms with Crippen LogP contribution in [0.4, 0.5) is 11.4 Å². The summed E-state index contributed by atoms with van der Waals surface area (Å²) in [4.78, 5) is 6.87. The summed E-state index contributed by atoms with van der Waals surface area (Å²) in [6.45, 7) is 8.11. The minimum atomic E-state index is 0.431. The van der Waals surface area contributed by atoms with Gasteiger partial charge in [-0.25, -0.2) is 4.99 Å². The van der Waals surface area contributed by atoms with Crippen molar-refractivity contribution in [1.82, 2.24) is 0 Å². The van der Waals surface area contributed by atoms with Gasteiger partial charge in [-0.2, -0.15) is 0 Å². The quantitative estimate of drug-likeness (QED) is 0.664. The highest BCUT2D eigenvalue weighted by Crippen LogP contribution is 2.22. The molecule has 132 valence electrons. The molecule has 1 aliphatic heterocycles. The lowest BCUT2D eigenvalue weighted by Gasteiger charge is -2.30. The first-order chi connectivity index (χ1) is 12.1. The molecular formula is C20H26N4O. The van der Waals surface area contributed by atoms with Gasteiger partial charge < -0.3 is 20.7 Å². The number of nitrogens with zero attached hydrogens (tertiary/aromatic N) is 2. The van der Waals surface area contributed by atoms with E-state index < -0.39 is 0 Å². The van der Waals surface area contributed by atoms with Gasteiger partial charge in [-0.05, 0) is 48.7 Å². The lowest BCUT2D eigenvalue weighted by molar-refractivity contribution is 0.122. The van der Waals surface area contributed by atoms with Crippen molar-refractivity contribution in [3.63, 3.8) is 0 Å². The molecule has 0 radical (unpaired) electrons. The Labute approximate surface area is 149 Å². The summed E-state index contributed by atoms with van der Waals surface area (Å²) in [5.74, 6) is 0.431. The highest BCUT2D eigenvalue weighted by atomic mass is 16.5. The average Bonchev–Trinajstić information content (AvgIpc) is 2.64. The molecule has 0 atom stereocenters. The van der Waals surface area contributed by atoms with Crippen molar-refractivity contribution in [2.45, 2.75) is 20.4 Å². The van der Waals surface area contributed by atoms with Crippen LogP contribution in [-0.2, 0) is 11.3 Å². The third kappa shape index (κ3) is 4.51. The van der Waals surface area contributed by atoms with Gasteiger partial charge in [0.2, 0.25) is 0 Å². The van der Waals surface area contributed by atoms with Crippen molar-refractivity contribution < 1.29 is 4.74 Å². The molecule has 0 bridgehead atoms. The predicted molar refractivity (Wildman–Crippen MR) is 104 cm³/mol. The maximum absolute atomic E-state index is 6.08. The van der Waals surface area contributed by atoms with E-state index in [1.807, 2.05) is 12.1 Å². The van der Waals surface area contributed by atoms with E-state index in [0.29, 0.717) is 12.5 Å². The first-order valence-electron chi connectivity index (χ1n) is 8.68. The molecule has 0 amide bonds. The predicted octanol–water partition coefficient (Wildman–Crippen LogP) is 3.07. The van der Waals surface area contributed by atoms with E-state index in [1.165, 1.54) is 22.4 Å². The molecule has 2 aromatic rings. The Morgan fingerprint density at radius 2 is 1.88 bits per heavy atom. The second kappa shape index (κ2) is 8.03. The van der Waals surface area contributed by atoms with Crippen molar-refractivity contribution in [2.24, 2.45) is 10.7 Å². The van der Waals surface area contributed by atoms with E-state index in [0.717, 1.165) is 32.0 Å². The Hall–Kier alpha value is -2.53. The minimum Gasteiger partial charge on any atom is -0.378 e. The van der Waals surface area contributed by atoms with E-state index in [4.69, 9.17) is 10.5 Å². The number of hydrogen-bond donors (Lipinski definition) is 2. The highest BCUT2D eigenvalue weighted by molar-refractivity contribution is 5.92. The number of para-hydroxylation sites is 1. The van der Waals surface area contributed by atoms with Crippen LogP contribution < -0.4 is 16.0 Å². The van der Waals surface area contributed by atoms with Crippen LogP contribution in [0.5, 0.6) is 0 Å². The van der Waals surface area contributed by atoms with Crippen LogP contribution >= 0.6 is 0 Å². The van der Waals surface area contributed by atoms with Crippen molar-refractivity contribution in [1.29, 1.82) is 0 Å². The van der Waals surface area contributed by atoms with Crippen LogP contribution in [0.3, 0.4) is 0 Å². The highest BCUT2D eigenvalue weighted by Gasteiger charge is 2.14. The van der Waals surface area contributed by atoms with Crippen molar-refractivity contribution in [3.8, 4) is 0 Å². The molecule has 1 aliphatic rings. The van der Waals surface area contributed by atoms with Crippen molar-refractivity contribution >= 4 is 17.3 Å². The van der Waals surface area contributed by atoms with E-state index in [1.54, 1.807) is 0 Å². The molecule has 5 nitrogen and oxygen atoms in total. The van der Waals surface area contributed by atoms with Gasteiger partial charge in [0.1, 0.15) is 0 Å². The Morgan fingerprint density at radius 3 is 2.64 bits per heavy atom. The monoisotopic (exact) mass is 338 g/mol. The summed E-state index contributed by atoms with van der Waals surface area (Å²) in [5.41, 5.74) is 11.9. The average molecular weight is 338 g/mol. The molecule has 0 spiro atoms. The number of morpholine rings is 1. The van der Waals surface area contributed by atoms with Gasteiger partial charge in [0.15, 0.2) is 5.96 Å². The van der Waals surface area contributed by atoms with E-state index in [2.05, 4.69) is 59.4 Å². The zero-order valence-electron chi connectivity index (χ0n) is 15.0. The molecule has 1 saturated heterocycles. The molecule has 2 aromatic carbocycles. The Morgan fingerprint density at radius 1 is 1.12 bits per heavy atom. The van der Waals surface area contributed by atoms with Gasteiger partial charge in [0, 0.05) is 24.5 Å². The number of benzene rings is 2. The zero-order chi connectivity index (χ0) is 17.6. The largest absolute Gasteiger partial charge is 0.378 e. The number of anilines is 2. The first-order valence-corrected chi connectivity index (χ1v) is 8.68. The Balaban J connectivity index is 1.69. The van der Waals surface area contributed by atoms with Gasteiger partial charge in [0.05, 0.1) is 19.8 Å². The number of rotatable bonds is 4. The van der Waals surface area contributed by atoms with Crippen molar-refractivity contribution in [3.05, 3.63) is 59.2 Å². The summed E-state index contributed by atoms with van der Waals surface area (Å²) in [6.07, 6.45) is 0. The second-order valence-corrected chi connectivity index (χ2v) is 6.35. The molecule has 25 heavy (non-hydrogen) atoms. The van der Waals surface area contributed by atoms with Crippen LogP contribution in [0.2, 0.25) is 0 Å². The van der Waals surface area contributed by atoms with Crippen molar-refractivity contribution in [2.75, 3.05) is 36.5 Å². The maximum Gasteiger partial charge on any atom is 0.193 e. The van der Waals surface area contributed by atoms with Crippen LogP contribution in [0.25, 0.3) is 0 Å². The fourth-order valence-electron chi connectivity index (χ4n) is 2.93. The number of ether oxygens (including phenoxy) is 1. The van der Waals surface area contributed by atoms with Crippen LogP contribution in [-0.4, -0.2) is 32.3 Å². The van der Waals surface area contributed by atoms with Crippen LogP contribution in [0.1, 0.15) is 16.7 Å². The van der Waals surface area contributed by atoms with Gasteiger partial charge in [-0.15, -0.1) is 0 Å². The number of aryl methyl sites for hydroxylation is 2. The molecule has 0 aromatic heterocycles. The maximum atomic E-state index is 6.08. The lowest BCUT2D eigenvalue weighted by atomic mass is 10.1. The Bertz CT molecular complexity index is 751. The molecule has 0 saturated carbocycles. The summed E-state index contributed by atoms with van der Waals surface area (Å²) >= 11 is 0. The number of hydrogen-bond acceptors (Lipinski definition) is 3. The molecule has 3 N–H and O–H groups in total. The van der Waals surface area contributed by atoms with Crippen LogP contribution in [0.15, 0.2) is 47.5 Å². The number of nitrogens with one attached hydrogen (secondary N) is 1. The molecule has 1 fully saturated rings. The summed E-state index contributed by atoms with van der Waals surface area (Å²) < 4.78 is 5.44. The second-order valence-electron chi connectivity index (χ2n) is 6.35. The third-order valence-electron chi connectivity index (χ3n) is 4.54. The SMILES string of the molecule is Cc1ccc(NC(N)=NCc2ccccc2N2CCOCC2)cc1C. The fraction of sp³-hybridized carbons (Fsp3) is 0.350. The number of guanidine groups is 1. The van der Waals surface area contributed by atoms with Gasteiger partial charge in [-0.3, -0.25) is 0 Å². The normalized spacial score (nSPS) is 15.3. The molecule has 5 heteroatoms. The molecule has 0 aliphatic carbocycles. The van der Waals surface area contributed by atoms with Crippen LogP contribution in [0, 0.1) is 13.8 Å². The third-order valence-corrected chi connectivity index (χ3v) is 4.54. The molecule has 1 heterocycles. The zero-order valence-corrected chi connectivity index (χ0v) is 15.0. The first kappa shape index (κ1) is 17.3. The molecular weight excluding hydrogens is 312 g/mol. The summed E-state index contributed by atoms with van der Waals surface area (Å²) in [7, 11) is 0. The standard InChI is InChI=1S/C20H26N4O/c1-15-7-8-18(13-16(15)2)23-20(21)22-14-17-5-3-4-6-19(17)24-9-11-25-12-10-24/h3-8,13H,9-12,14H2,1-2H3,(H3,21,22,23). The molecule has 0 unspecified atom stereocenters. The van der Waals surface area contributed by atoms with Gasteiger partial charge >= 0.3 is 0 Å². The van der Waals surface area contributed by atoms with E-state index in [9.17, 15) is 0 Å². The molecule has 3 rings (SSSR count). The lowest BCUT2D eigenvalue weighted by Crippen LogP contribution is -2.36. The smallest absolute Gasteiger partial charge is 0.193 e. The van der Waals surface area contributed by atoms with Gasteiger partial charge in [-0.1, -0.05) is 24.3 Å².